The van der Waals surface area contributed by atoms with Crippen molar-refractivity contribution in [2.45, 2.75) is 19.6 Å². The number of thiazole rings is 1. The highest BCUT2D eigenvalue weighted by Crippen LogP contribution is 2.19. The van der Waals surface area contributed by atoms with E-state index < -0.39 is 0 Å². The molecule has 1 aromatic heterocycles. The third kappa shape index (κ3) is 3.74. The average molecular weight is 212 g/mol. The Morgan fingerprint density at radius 3 is 3.15 bits per heavy atom. The fourth-order valence-electron chi connectivity index (χ4n) is 0.813. The highest BCUT2D eigenvalue weighted by atomic mass is 32.2. The third-order valence-electron chi connectivity index (χ3n) is 1.37. The van der Waals surface area contributed by atoms with E-state index in [-0.39, 0.29) is 0 Å². The Morgan fingerprint density at radius 1 is 1.85 bits per heavy atom. The van der Waals surface area contributed by atoms with E-state index >= 15 is 0 Å². The molecule has 0 aliphatic heterocycles. The summed E-state index contributed by atoms with van der Waals surface area (Å²) in [4.78, 5) is 9.55. The molecule has 0 spiro atoms. The maximum absolute atomic E-state index is 4.19. The lowest BCUT2D eigenvalue weighted by Gasteiger charge is -1.95. The van der Waals surface area contributed by atoms with Crippen LogP contribution >= 0.6 is 23.1 Å². The van der Waals surface area contributed by atoms with Gasteiger partial charge in [0.2, 0.25) is 0 Å². The van der Waals surface area contributed by atoms with Crippen LogP contribution in [0.4, 0.5) is 0 Å². The molecule has 0 aromatic carbocycles. The number of thioether (sulfide) groups is 1. The van der Waals surface area contributed by atoms with Gasteiger partial charge in [0.1, 0.15) is 0 Å². The molecule has 0 aliphatic rings. The van der Waals surface area contributed by atoms with Gasteiger partial charge in [-0.25, -0.2) is 4.98 Å². The normalized spacial score (nSPS) is 11.7. The Morgan fingerprint density at radius 2 is 2.62 bits per heavy atom. The third-order valence-corrected chi connectivity index (χ3v) is 3.44. The van der Waals surface area contributed by atoms with Crippen LogP contribution in [0.2, 0.25) is 0 Å². The molecule has 70 valence electrons. The molecule has 0 N–H and O–H groups in total. The quantitative estimate of drug-likeness (QED) is 0.567. The number of rotatable bonds is 3. The fraction of sp³-hybridized carbons (Fsp3) is 0.333. The number of nitrogens with zero attached hydrogens (tertiary/aromatic N) is 2. The smallest absolute Gasteiger partial charge is 0.0897 e. The number of aryl methyl sites for hydroxylation is 1. The van der Waals surface area contributed by atoms with Crippen molar-refractivity contribution in [1.82, 2.24) is 4.98 Å². The molecule has 0 bridgehead atoms. The van der Waals surface area contributed by atoms with Crippen LogP contribution in [0.3, 0.4) is 0 Å². The molecule has 13 heavy (non-hydrogen) atoms. The second kappa shape index (κ2) is 5.19. The van der Waals surface area contributed by atoms with Crippen LogP contribution in [-0.4, -0.2) is 10.0 Å². The highest BCUT2D eigenvalue weighted by Gasteiger charge is 1.99. The average Bonchev–Trinajstić information content (AvgIpc) is 2.49. The molecule has 1 aromatic rings. The Hall–Kier alpha value is -0.610. The predicted octanol–water partition coefficient (Wildman–Crippen LogP) is 3.25. The first-order chi connectivity index (χ1) is 6.22. The fourth-order valence-corrected chi connectivity index (χ4v) is 2.39. The molecule has 0 aliphatic carbocycles. The minimum Gasteiger partial charge on any atom is -0.255 e. The molecule has 1 rings (SSSR count). The maximum Gasteiger partial charge on any atom is 0.0897 e. The molecule has 0 fully saturated rings. The zero-order valence-corrected chi connectivity index (χ0v) is 9.41. The highest BCUT2D eigenvalue weighted by molar-refractivity contribution is 8.13. The molecule has 0 radical (unpaired) electrons. The molecule has 0 saturated heterocycles. The summed E-state index contributed by atoms with van der Waals surface area (Å²) < 4.78 is 0. The van der Waals surface area contributed by atoms with E-state index in [0.717, 1.165) is 15.8 Å². The lowest BCUT2D eigenvalue weighted by Crippen LogP contribution is -1.82. The van der Waals surface area contributed by atoms with Gasteiger partial charge in [-0.2, -0.15) is 0 Å². The van der Waals surface area contributed by atoms with Gasteiger partial charge in [-0.05, 0) is 13.8 Å². The zero-order valence-electron chi connectivity index (χ0n) is 7.78. The molecule has 0 unspecified atom stereocenters. The number of hydrogen-bond donors (Lipinski definition) is 0. The molecular formula is C9H12N2S2. The Balaban J connectivity index is 2.43. The standard InChI is InChI=1S/C9H12N2S2/c1-4-10-7(2)12-6-9-5-11-8(3)13-9/h4-5H,1,6H2,2-3H3. The van der Waals surface area contributed by atoms with Crippen molar-refractivity contribution in [3.05, 3.63) is 28.9 Å². The largest absolute Gasteiger partial charge is 0.255 e. The SMILES string of the molecule is C=CN=C(C)SCc1cnc(C)s1. The van der Waals surface area contributed by atoms with Crippen LogP contribution in [0.1, 0.15) is 16.8 Å². The minimum absolute atomic E-state index is 0.953. The van der Waals surface area contributed by atoms with E-state index in [1.165, 1.54) is 4.88 Å². The Bertz CT molecular complexity index is 315. The number of aliphatic imine (C=N–C) groups is 1. The van der Waals surface area contributed by atoms with Gasteiger partial charge in [-0.3, -0.25) is 4.99 Å². The van der Waals surface area contributed by atoms with E-state index in [1.54, 1.807) is 29.3 Å². The molecule has 0 amide bonds. The first-order valence-electron chi connectivity index (χ1n) is 3.92. The Kier molecular flexibility index (Phi) is 4.18. The van der Waals surface area contributed by atoms with E-state index in [1.807, 2.05) is 20.0 Å². The summed E-state index contributed by atoms with van der Waals surface area (Å²) in [6.45, 7) is 7.55. The van der Waals surface area contributed by atoms with E-state index in [0.29, 0.717) is 0 Å². The maximum atomic E-state index is 4.19. The summed E-state index contributed by atoms with van der Waals surface area (Å²) in [5, 5.41) is 2.16. The van der Waals surface area contributed by atoms with Crippen molar-refractivity contribution in [2.24, 2.45) is 4.99 Å². The number of hydrogen-bond acceptors (Lipinski definition) is 4. The monoisotopic (exact) mass is 212 g/mol. The van der Waals surface area contributed by atoms with Gasteiger partial charge in [-0.1, -0.05) is 6.58 Å². The predicted molar refractivity (Wildman–Crippen MR) is 61.5 cm³/mol. The van der Waals surface area contributed by atoms with Crippen LogP contribution in [0, 0.1) is 6.92 Å². The summed E-state index contributed by atoms with van der Waals surface area (Å²) in [6.07, 6.45) is 3.49. The van der Waals surface area contributed by atoms with Crippen molar-refractivity contribution in [2.75, 3.05) is 0 Å². The van der Waals surface area contributed by atoms with Gasteiger partial charge in [0.25, 0.3) is 0 Å². The van der Waals surface area contributed by atoms with Crippen molar-refractivity contribution in [3.63, 3.8) is 0 Å². The van der Waals surface area contributed by atoms with E-state index in [9.17, 15) is 0 Å². The molecule has 0 atom stereocenters. The molecule has 0 saturated carbocycles. The molecule has 2 nitrogen and oxygen atoms in total. The first kappa shape index (κ1) is 10.5. The van der Waals surface area contributed by atoms with Gasteiger partial charge in [0.05, 0.1) is 10.1 Å². The van der Waals surface area contributed by atoms with Crippen LogP contribution in [0.15, 0.2) is 24.0 Å². The van der Waals surface area contributed by atoms with Crippen LogP contribution in [0.5, 0.6) is 0 Å². The van der Waals surface area contributed by atoms with Crippen molar-refractivity contribution >= 4 is 28.1 Å². The van der Waals surface area contributed by atoms with Crippen molar-refractivity contribution in [3.8, 4) is 0 Å². The Labute approximate surface area is 86.8 Å². The first-order valence-corrected chi connectivity index (χ1v) is 5.72. The number of aromatic nitrogens is 1. The summed E-state index contributed by atoms with van der Waals surface area (Å²) in [6, 6.07) is 0. The second-order valence-corrected chi connectivity index (χ2v) is 4.95. The van der Waals surface area contributed by atoms with Gasteiger partial charge < -0.3 is 0 Å². The molecule has 1 heterocycles. The van der Waals surface area contributed by atoms with Gasteiger partial charge in [-0.15, -0.1) is 23.1 Å². The summed E-state index contributed by atoms with van der Waals surface area (Å²) in [5.41, 5.74) is 0. The summed E-state index contributed by atoms with van der Waals surface area (Å²) in [5.74, 6) is 0.953. The lowest BCUT2D eigenvalue weighted by atomic mass is 10.6. The van der Waals surface area contributed by atoms with Gasteiger partial charge in [0, 0.05) is 23.0 Å². The molecular weight excluding hydrogens is 200 g/mol. The molecule has 4 heteroatoms. The summed E-state index contributed by atoms with van der Waals surface area (Å²) >= 11 is 3.45. The zero-order chi connectivity index (χ0) is 9.68. The van der Waals surface area contributed by atoms with E-state index in [2.05, 4.69) is 16.6 Å². The van der Waals surface area contributed by atoms with E-state index in [4.69, 9.17) is 0 Å². The minimum atomic E-state index is 0.953. The lowest BCUT2D eigenvalue weighted by molar-refractivity contribution is 1.28. The topological polar surface area (TPSA) is 25.2 Å². The van der Waals surface area contributed by atoms with Crippen LogP contribution in [-0.2, 0) is 5.75 Å². The van der Waals surface area contributed by atoms with Crippen molar-refractivity contribution < 1.29 is 0 Å². The van der Waals surface area contributed by atoms with Crippen LogP contribution in [0.25, 0.3) is 0 Å². The summed E-state index contributed by atoms with van der Waals surface area (Å²) in [7, 11) is 0. The van der Waals surface area contributed by atoms with Crippen LogP contribution < -0.4 is 0 Å². The second-order valence-electron chi connectivity index (χ2n) is 2.46. The van der Waals surface area contributed by atoms with Gasteiger partial charge in [0.15, 0.2) is 0 Å². The van der Waals surface area contributed by atoms with Gasteiger partial charge >= 0.3 is 0 Å². The van der Waals surface area contributed by atoms with Crippen molar-refractivity contribution in [1.29, 1.82) is 0 Å².